The fourth-order valence-electron chi connectivity index (χ4n) is 2.80. The number of nitrogens with one attached hydrogen (secondary N) is 1. The monoisotopic (exact) mass is 206 g/mol. The van der Waals surface area contributed by atoms with Gasteiger partial charge < -0.3 is 9.84 Å². The summed E-state index contributed by atoms with van der Waals surface area (Å²) in [6.07, 6.45) is 8.52. The van der Waals surface area contributed by atoms with Crippen LogP contribution in [0.5, 0.6) is 0 Å². The smallest absolute Gasteiger partial charge is 0.140 e. The molecule has 3 rings (SSSR count). The summed E-state index contributed by atoms with van der Waals surface area (Å²) in [4.78, 5) is 0. The summed E-state index contributed by atoms with van der Waals surface area (Å²) in [5.41, 5.74) is 2.65. The van der Waals surface area contributed by atoms with Crippen molar-refractivity contribution in [3.8, 4) is 0 Å². The van der Waals surface area contributed by atoms with E-state index in [9.17, 15) is 0 Å². The third kappa shape index (κ3) is 1.81. The van der Waals surface area contributed by atoms with Crippen LogP contribution in [0.3, 0.4) is 0 Å². The summed E-state index contributed by atoms with van der Waals surface area (Å²) >= 11 is 0. The summed E-state index contributed by atoms with van der Waals surface area (Å²) in [5, 5.41) is 7.67. The molecule has 0 amide bonds. The van der Waals surface area contributed by atoms with Crippen molar-refractivity contribution >= 4 is 0 Å². The second-order valence-corrected chi connectivity index (χ2v) is 4.72. The highest BCUT2D eigenvalue weighted by Gasteiger charge is 2.22. The van der Waals surface area contributed by atoms with Crippen LogP contribution in [0.15, 0.2) is 4.52 Å². The van der Waals surface area contributed by atoms with E-state index in [0.29, 0.717) is 6.04 Å². The van der Waals surface area contributed by atoms with Crippen LogP contribution in [0.1, 0.15) is 42.7 Å². The van der Waals surface area contributed by atoms with E-state index in [1.807, 2.05) is 0 Å². The summed E-state index contributed by atoms with van der Waals surface area (Å²) < 4.78 is 5.42. The third-order valence-electron chi connectivity index (χ3n) is 3.67. The Balaban J connectivity index is 1.61. The first-order valence-electron chi connectivity index (χ1n) is 6.13. The van der Waals surface area contributed by atoms with Gasteiger partial charge in [0, 0.05) is 18.0 Å². The lowest BCUT2D eigenvalue weighted by molar-refractivity contribution is 0.364. The zero-order chi connectivity index (χ0) is 10.1. The van der Waals surface area contributed by atoms with Crippen LogP contribution >= 0.6 is 0 Å². The molecule has 1 aromatic heterocycles. The van der Waals surface area contributed by atoms with E-state index in [4.69, 9.17) is 4.52 Å². The van der Waals surface area contributed by atoms with Gasteiger partial charge in [-0.1, -0.05) is 5.16 Å². The molecule has 1 aliphatic heterocycles. The Hall–Kier alpha value is -0.830. The molecule has 1 N–H and O–H groups in total. The normalized spacial score (nSPS) is 24.7. The van der Waals surface area contributed by atoms with Crippen molar-refractivity contribution in [1.29, 1.82) is 0 Å². The first-order chi connectivity index (χ1) is 7.43. The van der Waals surface area contributed by atoms with E-state index in [2.05, 4.69) is 10.5 Å². The van der Waals surface area contributed by atoms with Crippen molar-refractivity contribution in [2.45, 2.75) is 51.0 Å². The molecular weight excluding hydrogens is 188 g/mol. The van der Waals surface area contributed by atoms with Gasteiger partial charge in [0.05, 0.1) is 5.69 Å². The fourth-order valence-corrected chi connectivity index (χ4v) is 2.80. The SMILES string of the molecule is C1Cc2noc(CCC3CCCN3)c2C1. The van der Waals surface area contributed by atoms with Crippen molar-refractivity contribution in [2.75, 3.05) is 6.54 Å². The zero-order valence-electron chi connectivity index (χ0n) is 9.09. The lowest BCUT2D eigenvalue weighted by atomic mass is 10.1. The Bertz CT molecular complexity index is 339. The minimum absolute atomic E-state index is 0.715. The molecule has 1 fully saturated rings. The molecule has 2 heterocycles. The van der Waals surface area contributed by atoms with Crippen molar-refractivity contribution in [2.24, 2.45) is 0 Å². The van der Waals surface area contributed by atoms with Crippen LogP contribution in [0.2, 0.25) is 0 Å². The van der Waals surface area contributed by atoms with E-state index >= 15 is 0 Å². The first-order valence-corrected chi connectivity index (χ1v) is 6.13. The van der Waals surface area contributed by atoms with Gasteiger partial charge in [0.15, 0.2) is 0 Å². The van der Waals surface area contributed by atoms with Crippen LogP contribution < -0.4 is 5.32 Å². The number of aromatic nitrogens is 1. The average Bonchev–Trinajstić information content (AvgIpc) is 2.93. The van der Waals surface area contributed by atoms with Gasteiger partial charge in [-0.3, -0.25) is 0 Å². The minimum atomic E-state index is 0.715. The van der Waals surface area contributed by atoms with Gasteiger partial charge in [0.1, 0.15) is 5.76 Å². The maximum atomic E-state index is 5.42. The van der Waals surface area contributed by atoms with E-state index < -0.39 is 0 Å². The zero-order valence-corrected chi connectivity index (χ0v) is 9.09. The van der Waals surface area contributed by atoms with E-state index in [0.717, 1.165) is 18.6 Å². The highest BCUT2D eigenvalue weighted by atomic mass is 16.5. The second-order valence-electron chi connectivity index (χ2n) is 4.72. The molecular formula is C12H18N2O. The predicted octanol–water partition coefficient (Wildman–Crippen LogP) is 1.85. The fraction of sp³-hybridized carbons (Fsp3) is 0.750. The van der Waals surface area contributed by atoms with Gasteiger partial charge in [-0.15, -0.1) is 0 Å². The maximum absolute atomic E-state index is 5.42. The van der Waals surface area contributed by atoms with Gasteiger partial charge in [-0.05, 0) is 45.1 Å². The Kier molecular flexibility index (Phi) is 2.49. The molecule has 1 aliphatic carbocycles. The number of rotatable bonds is 3. The standard InChI is InChI=1S/C12H18N2O/c1-4-10-11(5-1)14-15-12(10)7-6-9-3-2-8-13-9/h9,13H,1-8H2. The van der Waals surface area contributed by atoms with Crippen LogP contribution in [0.4, 0.5) is 0 Å². The first kappa shape index (κ1) is 9.40. The summed E-state index contributed by atoms with van der Waals surface area (Å²) in [5.74, 6) is 1.16. The lowest BCUT2D eigenvalue weighted by Gasteiger charge is -2.07. The molecule has 1 saturated heterocycles. The van der Waals surface area contributed by atoms with E-state index in [-0.39, 0.29) is 0 Å². The van der Waals surface area contributed by atoms with Crippen LogP contribution in [0.25, 0.3) is 0 Å². The van der Waals surface area contributed by atoms with Gasteiger partial charge in [-0.2, -0.15) is 0 Å². The van der Waals surface area contributed by atoms with Crippen molar-refractivity contribution < 1.29 is 4.52 Å². The molecule has 0 aromatic carbocycles. The molecule has 0 spiro atoms. The molecule has 0 saturated carbocycles. The lowest BCUT2D eigenvalue weighted by Crippen LogP contribution is -2.21. The molecule has 82 valence electrons. The molecule has 2 aliphatic rings. The number of aryl methyl sites for hydroxylation is 2. The summed E-state index contributed by atoms with van der Waals surface area (Å²) in [6, 6.07) is 0.715. The molecule has 3 heteroatoms. The largest absolute Gasteiger partial charge is 0.361 e. The van der Waals surface area contributed by atoms with Crippen LogP contribution in [0, 0.1) is 0 Å². The van der Waals surface area contributed by atoms with E-state index in [1.165, 1.54) is 49.9 Å². The quantitative estimate of drug-likeness (QED) is 0.820. The maximum Gasteiger partial charge on any atom is 0.140 e. The molecule has 0 bridgehead atoms. The predicted molar refractivity (Wildman–Crippen MR) is 57.9 cm³/mol. The Morgan fingerprint density at radius 1 is 1.33 bits per heavy atom. The molecule has 3 nitrogen and oxygen atoms in total. The Labute approximate surface area is 90.2 Å². The van der Waals surface area contributed by atoms with Gasteiger partial charge in [-0.25, -0.2) is 0 Å². The number of hydrogen-bond donors (Lipinski definition) is 1. The van der Waals surface area contributed by atoms with Gasteiger partial charge in [0.25, 0.3) is 0 Å². The molecule has 1 unspecified atom stereocenters. The summed E-state index contributed by atoms with van der Waals surface area (Å²) in [6.45, 7) is 1.19. The van der Waals surface area contributed by atoms with Crippen LogP contribution in [-0.2, 0) is 19.3 Å². The van der Waals surface area contributed by atoms with Gasteiger partial charge in [0.2, 0.25) is 0 Å². The van der Waals surface area contributed by atoms with Crippen molar-refractivity contribution in [3.05, 3.63) is 17.0 Å². The van der Waals surface area contributed by atoms with Crippen molar-refractivity contribution in [1.82, 2.24) is 10.5 Å². The summed E-state index contributed by atoms with van der Waals surface area (Å²) in [7, 11) is 0. The minimum Gasteiger partial charge on any atom is -0.361 e. The van der Waals surface area contributed by atoms with Gasteiger partial charge >= 0.3 is 0 Å². The average molecular weight is 206 g/mol. The number of nitrogens with zero attached hydrogens (tertiary/aromatic N) is 1. The topological polar surface area (TPSA) is 38.1 Å². The van der Waals surface area contributed by atoms with Crippen LogP contribution in [-0.4, -0.2) is 17.7 Å². The molecule has 1 aromatic rings. The highest BCUT2D eigenvalue weighted by Crippen LogP contribution is 2.26. The number of hydrogen-bond acceptors (Lipinski definition) is 3. The molecule has 15 heavy (non-hydrogen) atoms. The van der Waals surface area contributed by atoms with E-state index in [1.54, 1.807) is 0 Å². The second kappa shape index (κ2) is 3.97. The highest BCUT2D eigenvalue weighted by molar-refractivity contribution is 5.27. The third-order valence-corrected chi connectivity index (χ3v) is 3.67. The van der Waals surface area contributed by atoms with Crippen molar-refractivity contribution in [3.63, 3.8) is 0 Å². The Morgan fingerprint density at radius 2 is 2.33 bits per heavy atom. The number of fused-ring (bicyclic) bond motifs is 1. The Morgan fingerprint density at radius 3 is 3.20 bits per heavy atom. The molecule has 0 radical (unpaired) electrons. The molecule has 1 atom stereocenters.